The predicted molar refractivity (Wildman–Crippen MR) is 194 cm³/mol. The molecule has 0 fully saturated rings. The predicted octanol–water partition coefficient (Wildman–Crippen LogP) is 12.4. The molecule has 1 atom stereocenters. The van der Waals surface area contributed by atoms with Gasteiger partial charge in [-0.25, -0.2) is 0 Å². The lowest BCUT2D eigenvalue weighted by molar-refractivity contribution is -0.122. The molecule has 0 unspecified atom stereocenters. The summed E-state index contributed by atoms with van der Waals surface area (Å²) in [5.74, 6) is 0.868. The number of carbonyl (C=O) groups excluding carboxylic acids is 2. The van der Waals surface area contributed by atoms with Crippen LogP contribution in [0.1, 0.15) is 227 Å². The van der Waals surface area contributed by atoms with Gasteiger partial charge in [0.15, 0.2) is 0 Å². The SMILES string of the molecule is CCCCCCCCCCCCCCCCCC(=O)N[C@@H](CCCCNC(=O)CCCCCCCCCCCCC)C(C)C. The van der Waals surface area contributed by atoms with Crippen LogP contribution in [0.15, 0.2) is 0 Å². The van der Waals surface area contributed by atoms with Gasteiger partial charge in [0.2, 0.25) is 11.8 Å². The van der Waals surface area contributed by atoms with Crippen molar-refractivity contribution in [3.05, 3.63) is 0 Å². The van der Waals surface area contributed by atoms with Crippen LogP contribution in [0.25, 0.3) is 0 Å². The number of nitrogens with one attached hydrogen (secondary N) is 2. The summed E-state index contributed by atoms with van der Waals surface area (Å²) in [6.07, 6.45) is 39.0. The summed E-state index contributed by atoms with van der Waals surface area (Å²) in [5, 5.41) is 6.41. The molecule has 0 aliphatic heterocycles. The molecule has 0 aromatic carbocycles. The van der Waals surface area contributed by atoms with Crippen LogP contribution in [-0.2, 0) is 9.59 Å². The molecule has 0 rings (SSSR count). The third-order valence-corrected chi connectivity index (χ3v) is 9.43. The van der Waals surface area contributed by atoms with E-state index < -0.39 is 0 Å². The highest BCUT2D eigenvalue weighted by atomic mass is 16.2. The Bertz CT molecular complexity index is 606. The number of unbranched alkanes of at least 4 members (excludes halogenated alkanes) is 25. The van der Waals surface area contributed by atoms with E-state index >= 15 is 0 Å². The van der Waals surface area contributed by atoms with Crippen LogP contribution in [0.5, 0.6) is 0 Å². The van der Waals surface area contributed by atoms with Crippen molar-refractivity contribution in [3.63, 3.8) is 0 Å². The normalized spacial score (nSPS) is 12.1. The third-order valence-electron chi connectivity index (χ3n) is 9.43. The zero-order valence-electron chi connectivity index (χ0n) is 30.6. The molecule has 2 N–H and O–H groups in total. The first-order chi connectivity index (χ1) is 21.5. The minimum absolute atomic E-state index is 0.207. The number of carbonyl (C=O) groups is 2. The van der Waals surface area contributed by atoms with Gasteiger partial charge in [0, 0.05) is 25.4 Å². The lowest BCUT2D eigenvalue weighted by Crippen LogP contribution is -2.38. The van der Waals surface area contributed by atoms with Gasteiger partial charge in [0.25, 0.3) is 0 Å². The molecule has 0 aromatic heterocycles. The summed E-state index contributed by atoms with van der Waals surface area (Å²) in [5.41, 5.74) is 0. The van der Waals surface area contributed by atoms with Crippen LogP contribution in [-0.4, -0.2) is 24.4 Å². The van der Waals surface area contributed by atoms with Gasteiger partial charge in [-0.2, -0.15) is 0 Å². The monoisotopic (exact) mass is 621 g/mol. The van der Waals surface area contributed by atoms with E-state index in [1.54, 1.807) is 0 Å². The van der Waals surface area contributed by atoms with Crippen molar-refractivity contribution in [3.8, 4) is 0 Å². The largest absolute Gasteiger partial charge is 0.356 e. The van der Waals surface area contributed by atoms with E-state index in [9.17, 15) is 9.59 Å². The fourth-order valence-corrected chi connectivity index (χ4v) is 6.26. The molecule has 44 heavy (non-hydrogen) atoms. The number of hydrogen-bond acceptors (Lipinski definition) is 2. The third kappa shape index (κ3) is 32.3. The maximum absolute atomic E-state index is 12.5. The molecule has 262 valence electrons. The van der Waals surface area contributed by atoms with Crippen LogP contribution in [0.3, 0.4) is 0 Å². The first-order valence-electron chi connectivity index (χ1n) is 20.1. The maximum atomic E-state index is 12.5. The van der Waals surface area contributed by atoms with Gasteiger partial charge in [-0.15, -0.1) is 0 Å². The Labute approximate surface area is 276 Å². The van der Waals surface area contributed by atoms with Crippen molar-refractivity contribution in [2.24, 2.45) is 5.92 Å². The van der Waals surface area contributed by atoms with Crippen LogP contribution >= 0.6 is 0 Å². The summed E-state index contributed by atoms with van der Waals surface area (Å²) >= 11 is 0. The van der Waals surface area contributed by atoms with Gasteiger partial charge >= 0.3 is 0 Å². The summed E-state index contributed by atoms with van der Waals surface area (Å²) in [7, 11) is 0. The first kappa shape index (κ1) is 42.9. The molecule has 0 radical (unpaired) electrons. The Hall–Kier alpha value is -1.06. The topological polar surface area (TPSA) is 58.2 Å². The molecular weight excluding hydrogens is 540 g/mol. The quantitative estimate of drug-likeness (QED) is 0.0692. The Morgan fingerprint density at radius 2 is 0.773 bits per heavy atom. The summed E-state index contributed by atoms with van der Waals surface area (Å²) in [4.78, 5) is 24.7. The average Bonchev–Trinajstić information content (AvgIpc) is 3.00. The highest BCUT2D eigenvalue weighted by molar-refractivity contribution is 5.76. The van der Waals surface area contributed by atoms with Gasteiger partial charge in [-0.3, -0.25) is 9.59 Å². The Balaban J connectivity index is 3.60. The Morgan fingerprint density at radius 3 is 1.14 bits per heavy atom. The van der Waals surface area contributed by atoms with Crippen molar-refractivity contribution in [1.29, 1.82) is 0 Å². The van der Waals surface area contributed by atoms with Gasteiger partial charge < -0.3 is 10.6 Å². The fraction of sp³-hybridized carbons (Fsp3) is 0.950. The van der Waals surface area contributed by atoms with E-state index in [4.69, 9.17) is 0 Å². The van der Waals surface area contributed by atoms with Gasteiger partial charge in [-0.1, -0.05) is 182 Å². The molecular formula is C40H80N2O2. The number of rotatable bonds is 35. The van der Waals surface area contributed by atoms with Crippen molar-refractivity contribution in [2.45, 2.75) is 233 Å². The fourth-order valence-electron chi connectivity index (χ4n) is 6.26. The number of amides is 2. The second-order valence-corrected chi connectivity index (χ2v) is 14.2. The molecule has 2 amide bonds. The van der Waals surface area contributed by atoms with E-state index in [1.165, 1.54) is 154 Å². The Morgan fingerprint density at radius 1 is 0.432 bits per heavy atom. The second kappa shape index (κ2) is 34.8. The van der Waals surface area contributed by atoms with Crippen molar-refractivity contribution in [1.82, 2.24) is 10.6 Å². The standard InChI is InChI=1S/C40H80N2O2/c1-5-7-9-11-13-15-17-18-19-20-22-24-26-28-30-35-40(44)42-38(37(3)4)33-31-32-36-41-39(43)34-29-27-25-23-21-16-14-12-10-8-6-2/h37-38H,5-36H2,1-4H3,(H,41,43)(H,42,44)/t38-/m0/s1. The molecule has 4 nitrogen and oxygen atoms in total. The van der Waals surface area contributed by atoms with Crippen LogP contribution < -0.4 is 10.6 Å². The highest BCUT2D eigenvalue weighted by Gasteiger charge is 2.15. The Kier molecular flexibility index (Phi) is 34.0. The highest BCUT2D eigenvalue weighted by Crippen LogP contribution is 2.15. The molecule has 0 aromatic rings. The molecule has 0 aliphatic rings. The van der Waals surface area contributed by atoms with E-state index in [1.807, 2.05) is 0 Å². The molecule has 0 heterocycles. The van der Waals surface area contributed by atoms with E-state index in [-0.39, 0.29) is 17.9 Å². The zero-order valence-corrected chi connectivity index (χ0v) is 30.6. The van der Waals surface area contributed by atoms with Crippen molar-refractivity contribution < 1.29 is 9.59 Å². The molecule has 4 heteroatoms. The van der Waals surface area contributed by atoms with E-state index in [0.29, 0.717) is 18.8 Å². The minimum Gasteiger partial charge on any atom is -0.356 e. The maximum Gasteiger partial charge on any atom is 0.220 e. The summed E-state index contributed by atoms with van der Waals surface area (Å²) in [6.45, 7) is 9.72. The van der Waals surface area contributed by atoms with Gasteiger partial charge in [0.1, 0.15) is 0 Å². The first-order valence-corrected chi connectivity index (χ1v) is 20.1. The van der Waals surface area contributed by atoms with Gasteiger partial charge in [0.05, 0.1) is 0 Å². The van der Waals surface area contributed by atoms with E-state index in [0.717, 1.165) is 38.6 Å². The van der Waals surface area contributed by atoms with Crippen molar-refractivity contribution in [2.75, 3.05) is 6.54 Å². The average molecular weight is 621 g/mol. The molecule has 0 aliphatic carbocycles. The lowest BCUT2D eigenvalue weighted by atomic mass is 9.98. The molecule has 0 spiro atoms. The van der Waals surface area contributed by atoms with Crippen LogP contribution in [0.2, 0.25) is 0 Å². The molecule has 0 saturated heterocycles. The number of hydrogen-bond donors (Lipinski definition) is 2. The van der Waals surface area contributed by atoms with Gasteiger partial charge in [-0.05, 0) is 38.0 Å². The molecule has 0 saturated carbocycles. The van der Waals surface area contributed by atoms with E-state index in [2.05, 4.69) is 38.3 Å². The smallest absolute Gasteiger partial charge is 0.220 e. The molecule has 0 bridgehead atoms. The van der Waals surface area contributed by atoms with Crippen LogP contribution in [0, 0.1) is 5.92 Å². The minimum atomic E-state index is 0.207. The summed E-state index contributed by atoms with van der Waals surface area (Å²) in [6, 6.07) is 0.242. The zero-order chi connectivity index (χ0) is 32.4. The summed E-state index contributed by atoms with van der Waals surface area (Å²) < 4.78 is 0. The lowest BCUT2D eigenvalue weighted by Gasteiger charge is -2.22. The van der Waals surface area contributed by atoms with Crippen molar-refractivity contribution >= 4 is 11.8 Å². The second-order valence-electron chi connectivity index (χ2n) is 14.2. The van der Waals surface area contributed by atoms with Crippen LogP contribution in [0.4, 0.5) is 0 Å².